The van der Waals surface area contributed by atoms with Crippen molar-refractivity contribution >= 4 is 44.8 Å². The summed E-state index contributed by atoms with van der Waals surface area (Å²) in [6.07, 6.45) is 4.31. The van der Waals surface area contributed by atoms with Gasteiger partial charge in [0.1, 0.15) is 47.1 Å². The Morgan fingerprint density at radius 2 is 1.86 bits per heavy atom. The number of para-hydroxylation sites is 1. The van der Waals surface area contributed by atoms with E-state index in [4.69, 9.17) is 10.5 Å². The van der Waals surface area contributed by atoms with E-state index in [-0.39, 0.29) is 54.9 Å². The van der Waals surface area contributed by atoms with Crippen LogP contribution in [0, 0.1) is 11.6 Å². The van der Waals surface area contributed by atoms with Crippen molar-refractivity contribution in [2.45, 2.75) is 44.0 Å². The van der Waals surface area contributed by atoms with E-state index in [2.05, 4.69) is 35.5 Å². The van der Waals surface area contributed by atoms with Crippen LogP contribution in [0.3, 0.4) is 0 Å². The maximum absolute atomic E-state index is 14.7. The first-order chi connectivity index (χ1) is 27.6. The van der Waals surface area contributed by atoms with Crippen LogP contribution in [0.5, 0.6) is 5.75 Å². The molecule has 14 nitrogen and oxygen atoms in total. The Morgan fingerprint density at radius 3 is 2.63 bits per heavy atom. The maximum atomic E-state index is 14.7. The highest BCUT2D eigenvalue weighted by Crippen LogP contribution is 2.39. The van der Waals surface area contributed by atoms with E-state index in [1.165, 1.54) is 34.7 Å². The lowest BCUT2D eigenvalue weighted by molar-refractivity contribution is -0.122. The third kappa shape index (κ3) is 8.37. The number of nitrogens with zero attached hydrogens (tertiary/aromatic N) is 7. The first-order valence-electron chi connectivity index (χ1n) is 18.8. The van der Waals surface area contributed by atoms with Crippen LogP contribution in [0.15, 0.2) is 90.2 Å². The van der Waals surface area contributed by atoms with Gasteiger partial charge in [-0.25, -0.2) is 23.4 Å². The number of carbonyl (C=O) groups excluding carboxylic acids is 1. The molecule has 0 saturated carbocycles. The molecule has 2 aliphatic rings. The molecule has 1 saturated heterocycles. The van der Waals surface area contributed by atoms with Crippen LogP contribution in [0.1, 0.15) is 29.7 Å². The Labute approximate surface area is 330 Å². The van der Waals surface area contributed by atoms with Crippen LogP contribution in [-0.2, 0) is 23.5 Å². The summed E-state index contributed by atoms with van der Waals surface area (Å²) in [6, 6.07) is 21.0. The fourth-order valence-corrected chi connectivity index (χ4v) is 8.54. The fourth-order valence-electron chi connectivity index (χ4n) is 7.56. The first-order valence-corrected chi connectivity index (χ1v) is 19.6. The van der Waals surface area contributed by atoms with Gasteiger partial charge in [0.2, 0.25) is 5.91 Å². The Balaban J connectivity index is 0.864. The second-order valence-corrected chi connectivity index (χ2v) is 15.4. The SMILES string of the molecule is Nc1nc2sc(CNC3CCN(CC(=O)NCCC(O)(Cn4cncn4)c4ccc(F)cc4F)CC3)cc2n(-c2ccc3c(c2)N(c2ccccc2)CCO3)c1=O. The zero-order chi connectivity index (χ0) is 39.5. The molecular weight excluding hydrogens is 755 g/mol. The molecule has 1 fully saturated rings. The number of amides is 1. The maximum Gasteiger partial charge on any atom is 0.298 e. The minimum atomic E-state index is -1.77. The number of hydrogen-bond acceptors (Lipinski definition) is 12. The average Bonchev–Trinajstić information content (AvgIpc) is 3.87. The van der Waals surface area contributed by atoms with Crippen molar-refractivity contribution < 1.29 is 23.4 Å². The number of halogens is 2. The number of carbonyl (C=O) groups is 1. The van der Waals surface area contributed by atoms with E-state index in [1.807, 2.05) is 54.6 Å². The lowest BCUT2D eigenvalue weighted by Crippen LogP contribution is -2.46. The molecule has 5 heterocycles. The summed E-state index contributed by atoms with van der Waals surface area (Å²) >= 11 is 1.49. The Kier molecular flexibility index (Phi) is 11.0. The molecule has 1 atom stereocenters. The van der Waals surface area contributed by atoms with Crippen molar-refractivity contribution in [1.29, 1.82) is 0 Å². The zero-order valence-electron chi connectivity index (χ0n) is 31.0. The summed E-state index contributed by atoms with van der Waals surface area (Å²) in [4.78, 5) is 40.7. The molecular formula is C40H42F2N10O4S. The van der Waals surface area contributed by atoms with Crippen LogP contribution >= 0.6 is 11.3 Å². The van der Waals surface area contributed by atoms with Gasteiger partial charge >= 0.3 is 0 Å². The number of fused-ring (bicyclic) bond motifs is 2. The molecule has 2 aliphatic heterocycles. The number of ether oxygens (including phenoxy) is 1. The fraction of sp³-hybridized carbons (Fsp3) is 0.325. The molecule has 0 radical (unpaired) electrons. The number of nitrogens with one attached hydrogen (secondary N) is 2. The van der Waals surface area contributed by atoms with Crippen molar-refractivity contribution in [3.05, 3.63) is 118 Å². The van der Waals surface area contributed by atoms with Gasteiger partial charge in [-0.2, -0.15) is 5.10 Å². The van der Waals surface area contributed by atoms with E-state index >= 15 is 0 Å². The molecule has 1 amide bonds. The second kappa shape index (κ2) is 16.4. The number of rotatable bonds is 13. The smallest absolute Gasteiger partial charge is 0.298 e. The summed E-state index contributed by atoms with van der Waals surface area (Å²) in [5, 5.41) is 22.0. The third-order valence-corrected chi connectivity index (χ3v) is 11.5. The van der Waals surface area contributed by atoms with E-state index in [9.17, 15) is 23.5 Å². The monoisotopic (exact) mass is 796 g/mol. The number of anilines is 3. The van der Waals surface area contributed by atoms with E-state index in [0.717, 1.165) is 47.0 Å². The number of benzene rings is 3. The summed E-state index contributed by atoms with van der Waals surface area (Å²) in [6.45, 7) is 3.32. The quantitative estimate of drug-likeness (QED) is 0.133. The highest BCUT2D eigenvalue weighted by Gasteiger charge is 2.33. The van der Waals surface area contributed by atoms with Crippen LogP contribution in [0.25, 0.3) is 16.0 Å². The van der Waals surface area contributed by atoms with E-state index in [0.29, 0.717) is 48.8 Å². The Hall–Kier alpha value is -5.75. The number of piperidine rings is 1. The third-order valence-electron chi connectivity index (χ3n) is 10.5. The van der Waals surface area contributed by atoms with Crippen molar-refractivity contribution in [3.63, 3.8) is 0 Å². The topological polar surface area (TPSA) is 169 Å². The lowest BCUT2D eigenvalue weighted by Gasteiger charge is -2.32. The van der Waals surface area contributed by atoms with Gasteiger partial charge in [0.25, 0.3) is 5.56 Å². The summed E-state index contributed by atoms with van der Waals surface area (Å²) in [5.74, 6) is -1.18. The number of likely N-dealkylation sites (tertiary alicyclic amines) is 1. The molecule has 0 spiro atoms. The highest BCUT2D eigenvalue weighted by atomic mass is 32.1. The predicted molar refractivity (Wildman–Crippen MR) is 213 cm³/mol. The normalized spacial score (nSPS) is 15.9. The zero-order valence-corrected chi connectivity index (χ0v) is 31.8. The molecule has 5 N–H and O–H groups in total. The van der Waals surface area contributed by atoms with Crippen LogP contribution in [0.2, 0.25) is 0 Å². The first kappa shape index (κ1) is 38.1. The molecule has 3 aromatic carbocycles. The molecule has 6 aromatic rings. The Morgan fingerprint density at radius 1 is 1.04 bits per heavy atom. The van der Waals surface area contributed by atoms with Crippen molar-refractivity contribution in [1.82, 2.24) is 39.8 Å². The van der Waals surface area contributed by atoms with Gasteiger partial charge in [0, 0.05) is 54.4 Å². The molecule has 0 aliphatic carbocycles. The molecule has 3 aromatic heterocycles. The summed E-state index contributed by atoms with van der Waals surface area (Å²) < 4.78 is 37.3. The van der Waals surface area contributed by atoms with Gasteiger partial charge in [-0.3, -0.25) is 19.1 Å². The largest absolute Gasteiger partial charge is 0.490 e. The van der Waals surface area contributed by atoms with Crippen LogP contribution < -0.4 is 31.6 Å². The van der Waals surface area contributed by atoms with Crippen LogP contribution in [0.4, 0.5) is 26.0 Å². The minimum Gasteiger partial charge on any atom is -0.490 e. The van der Waals surface area contributed by atoms with Gasteiger partial charge in [-0.15, -0.1) is 11.3 Å². The van der Waals surface area contributed by atoms with Crippen molar-refractivity contribution in [2.24, 2.45) is 0 Å². The summed E-state index contributed by atoms with van der Waals surface area (Å²) in [5.41, 5.74) is 7.18. The molecule has 8 rings (SSSR count). The van der Waals surface area contributed by atoms with E-state index in [1.54, 1.807) is 4.57 Å². The molecule has 17 heteroatoms. The predicted octanol–water partition coefficient (Wildman–Crippen LogP) is 4.08. The van der Waals surface area contributed by atoms with Crippen LogP contribution in [-0.4, -0.2) is 85.6 Å². The van der Waals surface area contributed by atoms with Crippen molar-refractivity contribution in [2.75, 3.05) is 50.0 Å². The highest BCUT2D eigenvalue weighted by molar-refractivity contribution is 7.18. The minimum absolute atomic E-state index is 0.0295. The summed E-state index contributed by atoms with van der Waals surface area (Å²) in [7, 11) is 0. The number of nitrogens with two attached hydrogens (primary N) is 1. The van der Waals surface area contributed by atoms with Gasteiger partial charge in [-0.1, -0.05) is 24.3 Å². The number of nitrogen functional groups attached to an aromatic ring is 1. The number of hydrogen-bond donors (Lipinski definition) is 4. The second-order valence-electron chi connectivity index (χ2n) is 14.3. The number of aromatic nitrogens is 5. The van der Waals surface area contributed by atoms with Gasteiger partial charge in [0.05, 0.1) is 36.5 Å². The molecule has 1 unspecified atom stereocenters. The van der Waals surface area contributed by atoms with Gasteiger partial charge in [-0.05, 0) is 61.7 Å². The molecule has 0 bridgehead atoms. The molecule has 296 valence electrons. The van der Waals surface area contributed by atoms with Crippen molar-refractivity contribution in [3.8, 4) is 11.4 Å². The molecule has 57 heavy (non-hydrogen) atoms. The standard InChI is InChI=1S/C40H42F2N10O4S/c41-26-6-8-31(32(42)18-26)40(55,23-50-25-44-24-47-50)12-13-45-36(53)22-49-14-10-27(11-15-49)46-21-30-20-34-38(57-30)48-37(43)39(54)52(34)29-7-9-35-33(19-29)51(16-17-56-35)28-4-2-1-3-5-28/h1-9,18-20,24-25,27,46,55H,10-17,21-23H2,(H2,43,48)(H,45,53). The Bertz CT molecular complexity index is 2420. The van der Waals surface area contributed by atoms with E-state index < -0.39 is 17.2 Å². The van der Waals surface area contributed by atoms with Gasteiger partial charge in [0.15, 0.2) is 5.82 Å². The number of aliphatic hydroxyl groups is 1. The van der Waals surface area contributed by atoms with Gasteiger partial charge < -0.3 is 31.1 Å². The number of thiophene rings is 1. The lowest BCUT2D eigenvalue weighted by atomic mass is 9.89. The average molecular weight is 797 g/mol.